The predicted molar refractivity (Wildman–Crippen MR) is 135 cm³/mol. The van der Waals surface area contributed by atoms with E-state index < -0.39 is 0 Å². The first-order valence-corrected chi connectivity index (χ1v) is 11.3. The van der Waals surface area contributed by atoms with Crippen LogP contribution in [0, 0.1) is 0 Å². The molecule has 2 heteroatoms. The van der Waals surface area contributed by atoms with Gasteiger partial charge in [0.05, 0.1) is 5.52 Å². The number of para-hydroxylation sites is 2. The third-order valence-corrected chi connectivity index (χ3v) is 6.80. The topological polar surface area (TPSA) is 20.7 Å². The van der Waals surface area contributed by atoms with Crippen molar-refractivity contribution < 1.29 is 0 Å². The zero-order chi connectivity index (χ0) is 21.1. The van der Waals surface area contributed by atoms with Crippen molar-refractivity contribution in [3.63, 3.8) is 0 Å². The van der Waals surface area contributed by atoms with E-state index >= 15 is 0 Å². The zero-order valence-electron chi connectivity index (χ0n) is 17.7. The standard InChI is InChI=1S/C30H22N2/c1-2-8-22(9-3-1)32-29-13-7-5-11-24(29)25-16-14-21(19-30(25)32)20-15-17-28-26(18-20)23-10-4-6-12-27(23)31-28/h1-6,8-12,14-19,31H,7,13H2. The normalized spacial score (nSPS) is 13.2. The molecule has 0 amide bonds. The van der Waals surface area contributed by atoms with E-state index in [0.29, 0.717) is 0 Å². The first-order valence-electron chi connectivity index (χ1n) is 11.3. The number of hydrogen-bond donors (Lipinski definition) is 1. The predicted octanol–water partition coefficient (Wildman–Crippen LogP) is 7.89. The number of aromatic amines is 1. The van der Waals surface area contributed by atoms with Crippen LogP contribution >= 0.6 is 0 Å². The lowest BCUT2D eigenvalue weighted by molar-refractivity contribution is 0.888. The quantitative estimate of drug-likeness (QED) is 0.300. The number of hydrogen-bond acceptors (Lipinski definition) is 0. The SMILES string of the molecule is C1=Cc2c(n(-c3ccccc3)c3cc(-c4ccc5[nH]c6ccccc6c5c4)ccc23)CC1. The maximum absolute atomic E-state index is 3.54. The Morgan fingerprint density at radius 1 is 0.656 bits per heavy atom. The molecule has 152 valence electrons. The Morgan fingerprint density at radius 2 is 1.44 bits per heavy atom. The zero-order valence-corrected chi connectivity index (χ0v) is 17.7. The molecule has 0 bridgehead atoms. The number of rotatable bonds is 2. The first-order chi connectivity index (χ1) is 15.9. The molecule has 0 saturated carbocycles. The van der Waals surface area contributed by atoms with E-state index in [-0.39, 0.29) is 0 Å². The number of nitrogens with zero attached hydrogens (tertiary/aromatic N) is 1. The minimum atomic E-state index is 1.08. The number of nitrogens with one attached hydrogen (secondary N) is 1. The number of aromatic nitrogens is 2. The highest BCUT2D eigenvalue weighted by Crippen LogP contribution is 2.37. The Hall–Kier alpha value is -4.04. The van der Waals surface area contributed by atoms with Gasteiger partial charge in [0, 0.05) is 44.1 Å². The average molecular weight is 411 g/mol. The van der Waals surface area contributed by atoms with Gasteiger partial charge in [0.1, 0.15) is 0 Å². The van der Waals surface area contributed by atoms with Gasteiger partial charge >= 0.3 is 0 Å². The van der Waals surface area contributed by atoms with Crippen molar-refractivity contribution in [2.75, 3.05) is 0 Å². The van der Waals surface area contributed by atoms with Crippen LogP contribution in [0.5, 0.6) is 0 Å². The van der Waals surface area contributed by atoms with Gasteiger partial charge in [-0.25, -0.2) is 0 Å². The Balaban J connectivity index is 1.48. The van der Waals surface area contributed by atoms with Crippen LogP contribution in [0.1, 0.15) is 17.7 Å². The van der Waals surface area contributed by atoms with Crippen molar-refractivity contribution in [1.82, 2.24) is 9.55 Å². The first kappa shape index (κ1) is 17.6. The van der Waals surface area contributed by atoms with Crippen LogP contribution in [0.3, 0.4) is 0 Å². The van der Waals surface area contributed by atoms with Crippen molar-refractivity contribution in [2.24, 2.45) is 0 Å². The Morgan fingerprint density at radius 3 is 2.38 bits per heavy atom. The second-order valence-corrected chi connectivity index (χ2v) is 8.64. The van der Waals surface area contributed by atoms with E-state index in [9.17, 15) is 0 Å². The van der Waals surface area contributed by atoms with Crippen LogP contribution in [-0.2, 0) is 6.42 Å². The molecule has 6 aromatic rings. The molecule has 0 atom stereocenters. The Bertz CT molecular complexity index is 1660. The molecule has 0 saturated heterocycles. The minimum Gasteiger partial charge on any atom is -0.355 e. The molecular formula is C30H22N2. The number of H-pyrrole nitrogens is 1. The summed E-state index contributed by atoms with van der Waals surface area (Å²) in [6, 6.07) is 33.0. The van der Waals surface area contributed by atoms with Gasteiger partial charge in [-0.15, -0.1) is 0 Å². The molecule has 0 aliphatic heterocycles. The highest BCUT2D eigenvalue weighted by Gasteiger charge is 2.19. The maximum atomic E-state index is 3.54. The molecule has 0 fully saturated rings. The van der Waals surface area contributed by atoms with Gasteiger partial charge in [-0.05, 0) is 60.4 Å². The third-order valence-electron chi connectivity index (χ3n) is 6.80. The summed E-state index contributed by atoms with van der Waals surface area (Å²) < 4.78 is 2.46. The van der Waals surface area contributed by atoms with Crippen LogP contribution in [0.25, 0.3) is 55.6 Å². The second-order valence-electron chi connectivity index (χ2n) is 8.64. The van der Waals surface area contributed by atoms with Crippen molar-refractivity contribution in [2.45, 2.75) is 12.8 Å². The fourth-order valence-electron chi connectivity index (χ4n) is 5.30. The summed E-state index contributed by atoms with van der Waals surface area (Å²) in [5, 5.41) is 3.88. The number of benzene rings is 4. The highest BCUT2D eigenvalue weighted by molar-refractivity contribution is 6.08. The summed E-state index contributed by atoms with van der Waals surface area (Å²) in [5.74, 6) is 0. The number of fused-ring (bicyclic) bond motifs is 6. The van der Waals surface area contributed by atoms with Gasteiger partial charge in [0.2, 0.25) is 0 Å². The van der Waals surface area contributed by atoms with Gasteiger partial charge in [0.25, 0.3) is 0 Å². The molecule has 2 aromatic heterocycles. The molecule has 1 N–H and O–H groups in total. The smallest absolute Gasteiger partial charge is 0.0543 e. The van der Waals surface area contributed by atoms with Crippen molar-refractivity contribution in [1.29, 1.82) is 0 Å². The largest absolute Gasteiger partial charge is 0.355 e. The third kappa shape index (κ3) is 2.53. The van der Waals surface area contributed by atoms with E-state index in [0.717, 1.165) is 12.8 Å². The van der Waals surface area contributed by atoms with Crippen molar-refractivity contribution >= 4 is 38.8 Å². The van der Waals surface area contributed by atoms with Gasteiger partial charge in [0.15, 0.2) is 0 Å². The molecule has 1 aliphatic rings. The van der Waals surface area contributed by atoms with E-state index in [1.165, 1.54) is 60.8 Å². The van der Waals surface area contributed by atoms with Crippen LogP contribution in [0.2, 0.25) is 0 Å². The lowest BCUT2D eigenvalue weighted by Gasteiger charge is -2.13. The molecule has 0 radical (unpaired) electrons. The summed E-state index contributed by atoms with van der Waals surface area (Å²) in [4.78, 5) is 3.54. The van der Waals surface area contributed by atoms with Gasteiger partial charge in [-0.3, -0.25) is 0 Å². The average Bonchev–Trinajstić information content (AvgIpc) is 3.39. The molecule has 0 unspecified atom stereocenters. The molecular weight excluding hydrogens is 388 g/mol. The van der Waals surface area contributed by atoms with Crippen LogP contribution in [-0.4, -0.2) is 9.55 Å². The summed E-state index contributed by atoms with van der Waals surface area (Å²) in [6.07, 6.45) is 6.78. The number of allylic oxidation sites excluding steroid dienone is 1. The monoisotopic (exact) mass is 410 g/mol. The molecule has 2 nitrogen and oxygen atoms in total. The molecule has 0 spiro atoms. The lowest BCUT2D eigenvalue weighted by Crippen LogP contribution is -2.02. The molecule has 4 aromatic carbocycles. The minimum absolute atomic E-state index is 1.08. The summed E-state index contributed by atoms with van der Waals surface area (Å²) in [6.45, 7) is 0. The van der Waals surface area contributed by atoms with Crippen molar-refractivity contribution in [3.05, 3.63) is 108 Å². The lowest BCUT2D eigenvalue weighted by atomic mass is 9.99. The van der Waals surface area contributed by atoms with Crippen LogP contribution < -0.4 is 0 Å². The van der Waals surface area contributed by atoms with E-state index in [1.54, 1.807) is 0 Å². The molecule has 2 heterocycles. The van der Waals surface area contributed by atoms with Gasteiger partial charge in [-0.1, -0.05) is 66.7 Å². The van der Waals surface area contributed by atoms with Crippen molar-refractivity contribution in [3.8, 4) is 16.8 Å². The van der Waals surface area contributed by atoms with E-state index in [2.05, 4.69) is 113 Å². The Kier molecular flexibility index (Phi) is 3.71. The van der Waals surface area contributed by atoms with Crippen LogP contribution in [0.15, 0.2) is 97.1 Å². The molecule has 7 rings (SSSR count). The molecule has 32 heavy (non-hydrogen) atoms. The molecule has 1 aliphatic carbocycles. The van der Waals surface area contributed by atoms with E-state index in [4.69, 9.17) is 0 Å². The maximum Gasteiger partial charge on any atom is 0.0543 e. The second kappa shape index (κ2) is 6.73. The fourth-order valence-corrected chi connectivity index (χ4v) is 5.30. The summed E-state index contributed by atoms with van der Waals surface area (Å²) in [7, 11) is 0. The Labute approximate surface area is 186 Å². The highest BCUT2D eigenvalue weighted by atomic mass is 15.0. The summed E-state index contributed by atoms with van der Waals surface area (Å²) >= 11 is 0. The summed E-state index contributed by atoms with van der Waals surface area (Å²) in [5.41, 5.74) is 10.2. The van der Waals surface area contributed by atoms with Crippen LogP contribution in [0.4, 0.5) is 0 Å². The van der Waals surface area contributed by atoms with E-state index in [1.807, 2.05) is 0 Å². The van der Waals surface area contributed by atoms with Gasteiger partial charge in [-0.2, -0.15) is 0 Å². The van der Waals surface area contributed by atoms with Gasteiger partial charge < -0.3 is 9.55 Å². The fraction of sp³-hybridized carbons (Fsp3) is 0.0667.